The number of hydrogen-bond donors (Lipinski definition) is 0. The maximum Gasteiger partial charge on any atom is 0.172 e. The van der Waals surface area contributed by atoms with Gasteiger partial charge in [-0.25, -0.2) is 0 Å². The summed E-state index contributed by atoms with van der Waals surface area (Å²) in [6.45, 7) is 5.18. The lowest BCUT2D eigenvalue weighted by Gasteiger charge is -2.24. The highest BCUT2D eigenvalue weighted by atomic mass is 35.5. The van der Waals surface area contributed by atoms with E-state index in [1.54, 1.807) is 0 Å². The molecule has 0 amide bonds. The van der Waals surface area contributed by atoms with Gasteiger partial charge in [0.05, 0.1) is 0 Å². The molecule has 0 spiro atoms. The molecule has 0 aromatic carbocycles. The van der Waals surface area contributed by atoms with Crippen LogP contribution in [0.25, 0.3) is 0 Å². The molecular formula is C9H15ClN2O. The van der Waals surface area contributed by atoms with Crippen molar-refractivity contribution < 1.29 is 4.84 Å². The average molecular weight is 203 g/mol. The van der Waals surface area contributed by atoms with Crippen molar-refractivity contribution in [1.82, 2.24) is 4.90 Å². The average Bonchev–Trinajstić information content (AvgIpc) is 2.18. The summed E-state index contributed by atoms with van der Waals surface area (Å²) >= 11 is 5.91. The Morgan fingerprint density at radius 1 is 1.77 bits per heavy atom. The molecule has 0 saturated carbocycles. The van der Waals surface area contributed by atoms with Crippen molar-refractivity contribution in [2.24, 2.45) is 5.16 Å². The maximum absolute atomic E-state index is 5.91. The Hall–Kier alpha value is -0.540. The normalized spacial score (nSPS) is 19.9. The van der Waals surface area contributed by atoms with Crippen LogP contribution in [0.3, 0.4) is 0 Å². The van der Waals surface area contributed by atoms with Gasteiger partial charge in [0.2, 0.25) is 0 Å². The number of hydrogen-bond acceptors (Lipinski definition) is 3. The monoisotopic (exact) mass is 202 g/mol. The summed E-state index contributed by atoms with van der Waals surface area (Å²) in [6.07, 6.45) is 3.16. The highest BCUT2D eigenvalue weighted by Gasteiger charge is 2.14. The molecule has 1 aliphatic rings. The van der Waals surface area contributed by atoms with E-state index in [9.17, 15) is 0 Å². The van der Waals surface area contributed by atoms with Crippen molar-refractivity contribution in [3.63, 3.8) is 0 Å². The Balaban J connectivity index is 2.60. The Bertz CT molecular complexity index is 226. The molecule has 0 aliphatic carbocycles. The van der Waals surface area contributed by atoms with E-state index in [4.69, 9.17) is 11.6 Å². The molecule has 0 aromatic heterocycles. The summed E-state index contributed by atoms with van der Waals surface area (Å²) in [5.74, 6) is 0. The topological polar surface area (TPSA) is 24.8 Å². The molecule has 0 bridgehead atoms. The van der Waals surface area contributed by atoms with Gasteiger partial charge in [-0.05, 0) is 13.0 Å². The zero-order valence-corrected chi connectivity index (χ0v) is 8.84. The molecule has 0 aromatic rings. The first kappa shape index (κ1) is 10.5. The first-order chi connectivity index (χ1) is 6.27. The van der Waals surface area contributed by atoms with Crippen LogP contribution in [0.5, 0.6) is 0 Å². The minimum absolute atomic E-state index is 0.473. The molecule has 0 atom stereocenters. The van der Waals surface area contributed by atoms with E-state index in [1.807, 2.05) is 0 Å². The summed E-state index contributed by atoms with van der Waals surface area (Å²) in [4.78, 5) is 6.94. The number of nitrogens with zero attached hydrogens (tertiary/aromatic N) is 2. The van der Waals surface area contributed by atoms with E-state index in [1.165, 1.54) is 7.11 Å². The van der Waals surface area contributed by atoms with Crippen LogP contribution in [0.15, 0.2) is 16.8 Å². The van der Waals surface area contributed by atoms with E-state index in [-0.39, 0.29) is 0 Å². The van der Waals surface area contributed by atoms with Crippen LogP contribution < -0.4 is 0 Å². The van der Waals surface area contributed by atoms with Crippen molar-refractivity contribution in [3.05, 3.63) is 11.6 Å². The molecule has 0 saturated heterocycles. The summed E-state index contributed by atoms with van der Waals surface area (Å²) < 4.78 is 0. The lowest BCUT2D eigenvalue weighted by atomic mass is 10.1. The van der Waals surface area contributed by atoms with E-state index in [0.29, 0.717) is 5.17 Å². The van der Waals surface area contributed by atoms with Gasteiger partial charge < -0.3 is 4.84 Å². The second-order valence-electron chi connectivity index (χ2n) is 2.95. The number of halogens is 1. The van der Waals surface area contributed by atoms with Gasteiger partial charge in [0, 0.05) is 18.7 Å². The minimum Gasteiger partial charge on any atom is -0.398 e. The van der Waals surface area contributed by atoms with Gasteiger partial charge in [0.25, 0.3) is 0 Å². The third kappa shape index (κ3) is 3.01. The summed E-state index contributed by atoms with van der Waals surface area (Å²) in [5.41, 5.74) is 1.07. The molecule has 0 N–H and O–H groups in total. The van der Waals surface area contributed by atoms with E-state index < -0.39 is 0 Å². The maximum atomic E-state index is 5.91. The Morgan fingerprint density at radius 2 is 2.54 bits per heavy atom. The van der Waals surface area contributed by atoms with Crippen LogP contribution in [0, 0.1) is 0 Å². The van der Waals surface area contributed by atoms with E-state index in [2.05, 4.69) is 27.9 Å². The molecule has 0 unspecified atom stereocenters. The first-order valence-corrected chi connectivity index (χ1v) is 4.84. The Labute approximate surface area is 84.0 Å². The smallest absolute Gasteiger partial charge is 0.172 e. The van der Waals surface area contributed by atoms with Gasteiger partial charge in [-0.2, -0.15) is 0 Å². The lowest BCUT2D eigenvalue weighted by molar-refractivity contribution is 0.214. The first-order valence-electron chi connectivity index (χ1n) is 4.46. The van der Waals surface area contributed by atoms with Crippen molar-refractivity contribution in [3.8, 4) is 0 Å². The lowest BCUT2D eigenvalue weighted by Crippen LogP contribution is -2.31. The quantitative estimate of drug-likeness (QED) is 0.516. The molecule has 13 heavy (non-hydrogen) atoms. The van der Waals surface area contributed by atoms with Crippen LogP contribution in [0.2, 0.25) is 0 Å². The Kier molecular flexibility index (Phi) is 4.25. The van der Waals surface area contributed by atoms with Crippen molar-refractivity contribution in [2.45, 2.75) is 13.3 Å². The zero-order valence-electron chi connectivity index (χ0n) is 8.09. The predicted molar refractivity (Wildman–Crippen MR) is 55.1 cm³/mol. The number of likely N-dealkylation sites (N-methyl/N-ethyl adjacent to an activating group) is 1. The SMILES string of the molecule is CCN1CCC=C(C(Cl)=NOC)C1. The van der Waals surface area contributed by atoms with Gasteiger partial charge in [-0.3, -0.25) is 4.90 Å². The van der Waals surface area contributed by atoms with Crippen LogP contribution in [-0.2, 0) is 4.84 Å². The van der Waals surface area contributed by atoms with E-state index >= 15 is 0 Å². The minimum atomic E-state index is 0.473. The van der Waals surface area contributed by atoms with Crippen molar-refractivity contribution in [2.75, 3.05) is 26.7 Å². The van der Waals surface area contributed by atoms with Crippen LogP contribution in [0.1, 0.15) is 13.3 Å². The van der Waals surface area contributed by atoms with E-state index in [0.717, 1.165) is 31.6 Å². The fourth-order valence-electron chi connectivity index (χ4n) is 1.36. The fourth-order valence-corrected chi connectivity index (χ4v) is 1.57. The molecule has 3 nitrogen and oxygen atoms in total. The van der Waals surface area contributed by atoms with Gasteiger partial charge in [-0.15, -0.1) is 0 Å². The molecule has 1 heterocycles. The van der Waals surface area contributed by atoms with Crippen LogP contribution >= 0.6 is 11.6 Å². The molecule has 4 heteroatoms. The van der Waals surface area contributed by atoms with Gasteiger partial charge >= 0.3 is 0 Å². The van der Waals surface area contributed by atoms with Crippen LogP contribution in [-0.4, -0.2) is 36.8 Å². The van der Waals surface area contributed by atoms with Crippen molar-refractivity contribution in [1.29, 1.82) is 0 Å². The standard InChI is InChI=1S/C9H15ClN2O/c1-3-12-6-4-5-8(7-12)9(10)11-13-2/h5H,3-4,6-7H2,1-2H3. The fraction of sp³-hybridized carbons (Fsp3) is 0.667. The third-order valence-electron chi connectivity index (χ3n) is 2.11. The highest BCUT2D eigenvalue weighted by Crippen LogP contribution is 2.13. The van der Waals surface area contributed by atoms with Gasteiger partial charge in [0.15, 0.2) is 5.17 Å². The molecule has 0 radical (unpaired) electrons. The molecule has 1 rings (SSSR count). The number of oxime groups is 1. The predicted octanol–water partition coefficient (Wildman–Crippen LogP) is 1.84. The summed E-state index contributed by atoms with van der Waals surface area (Å²) in [7, 11) is 1.50. The third-order valence-corrected chi connectivity index (χ3v) is 2.43. The van der Waals surface area contributed by atoms with Crippen LogP contribution in [0.4, 0.5) is 0 Å². The largest absolute Gasteiger partial charge is 0.398 e. The molecular weight excluding hydrogens is 188 g/mol. The molecule has 74 valence electrons. The molecule has 0 fully saturated rings. The number of rotatable bonds is 3. The molecule has 1 aliphatic heterocycles. The second-order valence-corrected chi connectivity index (χ2v) is 3.31. The van der Waals surface area contributed by atoms with Gasteiger partial charge in [0.1, 0.15) is 7.11 Å². The van der Waals surface area contributed by atoms with Gasteiger partial charge in [-0.1, -0.05) is 29.8 Å². The zero-order chi connectivity index (χ0) is 9.68. The van der Waals surface area contributed by atoms with Crippen molar-refractivity contribution >= 4 is 16.8 Å². The second kappa shape index (κ2) is 5.25. The summed E-state index contributed by atoms with van der Waals surface area (Å²) in [6, 6.07) is 0. The summed E-state index contributed by atoms with van der Waals surface area (Å²) in [5, 5.41) is 4.18. The Morgan fingerprint density at radius 3 is 3.15 bits per heavy atom. The highest BCUT2D eigenvalue weighted by molar-refractivity contribution is 6.69.